The lowest BCUT2D eigenvalue weighted by atomic mass is 9.82. The summed E-state index contributed by atoms with van der Waals surface area (Å²) in [5, 5.41) is 0. The molecule has 38 heavy (non-hydrogen) atoms. The van der Waals surface area contributed by atoms with E-state index < -0.39 is 18.6 Å². The van der Waals surface area contributed by atoms with Gasteiger partial charge in [-0.2, -0.15) is 18.7 Å². The van der Waals surface area contributed by atoms with Crippen LogP contribution in [-0.4, -0.2) is 72.7 Å². The van der Waals surface area contributed by atoms with Gasteiger partial charge in [-0.05, 0) is 62.0 Å². The van der Waals surface area contributed by atoms with Crippen LogP contribution in [0.3, 0.4) is 0 Å². The molecule has 0 bridgehead atoms. The highest BCUT2D eigenvalue weighted by atomic mass is 19.4. The van der Waals surface area contributed by atoms with Gasteiger partial charge in [0.15, 0.2) is 6.61 Å². The number of nitrogens with one attached hydrogen (secondary N) is 3. The van der Waals surface area contributed by atoms with Crippen LogP contribution in [0.4, 0.5) is 17.6 Å². The fourth-order valence-corrected chi connectivity index (χ4v) is 6.38. The normalized spacial score (nSPS) is 29.5. The number of benzene rings is 1. The number of hydrogen-bond donors (Lipinski definition) is 3. The van der Waals surface area contributed by atoms with Gasteiger partial charge in [-0.1, -0.05) is 6.07 Å². The fourth-order valence-electron chi connectivity index (χ4n) is 6.38. The predicted octanol–water partition coefficient (Wildman–Crippen LogP) is 2.55. The Labute approximate surface area is 219 Å². The third-order valence-corrected chi connectivity index (χ3v) is 8.53. The van der Waals surface area contributed by atoms with Crippen LogP contribution < -0.4 is 21.1 Å². The van der Waals surface area contributed by atoms with Crippen molar-refractivity contribution in [2.24, 2.45) is 17.8 Å². The molecule has 1 aliphatic carbocycles. The number of hydrazine groups is 2. The van der Waals surface area contributed by atoms with Gasteiger partial charge in [-0.3, -0.25) is 9.59 Å². The standard InChI is InChI=1S/C26H35F4N5O3/c27-21-12-20(38-15-26(28,29)30)4-1-16(21)3-6-24(36)34-9-7-18-13-35(14-19(18)8-10-34)25(37)17-2-5-22-23(11-17)32-33-31-22/h1,4,12,17-19,22-23,31-33H,2-3,5-11,13-15H2/t17?,18-,19+,22?,23?. The quantitative estimate of drug-likeness (QED) is 0.480. The van der Waals surface area contributed by atoms with E-state index in [2.05, 4.69) is 21.1 Å². The second-order valence-corrected chi connectivity index (χ2v) is 11.0. The molecule has 1 aromatic rings. The molecule has 0 aromatic heterocycles. The van der Waals surface area contributed by atoms with Crippen molar-refractivity contribution < 1.29 is 31.9 Å². The van der Waals surface area contributed by atoms with Gasteiger partial charge in [0.05, 0.1) is 0 Å². The Balaban J connectivity index is 1.07. The summed E-state index contributed by atoms with van der Waals surface area (Å²) in [5.41, 5.74) is 9.66. The number of rotatable bonds is 6. The van der Waals surface area contributed by atoms with Crippen LogP contribution >= 0.6 is 0 Å². The van der Waals surface area contributed by atoms with Crippen molar-refractivity contribution in [1.29, 1.82) is 0 Å². The molecule has 210 valence electrons. The predicted molar refractivity (Wildman–Crippen MR) is 130 cm³/mol. The summed E-state index contributed by atoms with van der Waals surface area (Å²) in [6.45, 7) is 1.23. The average molecular weight is 542 g/mol. The first-order valence-electron chi connectivity index (χ1n) is 13.5. The van der Waals surface area contributed by atoms with Crippen molar-refractivity contribution >= 4 is 11.8 Å². The van der Waals surface area contributed by atoms with Gasteiger partial charge in [0.25, 0.3) is 0 Å². The summed E-state index contributed by atoms with van der Waals surface area (Å²) in [5.74, 6) is 0.130. The second kappa shape index (κ2) is 11.4. The molecular formula is C26H35F4N5O3. The maximum atomic E-state index is 14.4. The van der Waals surface area contributed by atoms with Gasteiger partial charge >= 0.3 is 6.18 Å². The zero-order chi connectivity index (χ0) is 26.9. The molecule has 1 saturated carbocycles. The molecule has 4 fully saturated rings. The van der Waals surface area contributed by atoms with E-state index in [9.17, 15) is 27.2 Å². The number of ether oxygens (including phenoxy) is 1. The Morgan fingerprint density at radius 1 is 0.974 bits per heavy atom. The molecule has 4 aliphatic rings. The Morgan fingerprint density at radius 2 is 1.68 bits per heavy atom. The topological polar surface area (TPSA) is 85.9 Å². The molecule has 3 saturated heterocycles. The van der Waals surface area contributed by atoms with Gasteiger partial charge in [-0.15, -0.1) is 0 Å². The van der Waals surface area contributed by atoms with E-state index in [-0.39, 0.29) is 47.9 Å². The third-order valence-electron chi connectivity index (χ3n) is 8.53. The van der Waals surface area contributed by atoms with Crippen LogP contribution in [-0.2, 0) is 16.0 Å². The lowest BCUT2D eigenvalue weighted by Crippen LogP contribution is -2.45. The lowest BCUT2D eigenvalue weighted by molar-refractivity contribution is -0.153. The highest BCUT2D eigenvalue weighted by molar-refractivity contribution is 5.79. The Kier molecular flexibility index (Phi) is 8.11. The monoisotopic (exact) mass is 541 g/mol. The van der Waals surface area contributed by atoms with Crippen molar-refractivity contribution in [2.45, 2.75) is 63.2 Å². The summed E-state index contributed by atoms with van der Waals surface area (Å²) >= 11 is 0. The minimum Gasteiger partial charge on any atom is -0.484 e. The minimum absolute atomic E-state index is 0.0523. The van der Waals surface area contributed by atoms with Crippen molar-refractivity contribution in [3.63, 3.8) is 0 Å². The number of likely N-dealkylation sites (tertiary alicyclic amines) is 2. The number of amides is 2. The smallest absolute Gasteiger partial charge is 0.422 e. The molecule has 0 radical (unpaired) electrons. The number of carbonyl (C=O) groups is 2. The second-order valence-electron chi connectivity index (χ2n) is 11.0. The molecule has 2 amide bonds. The van der Waals surface area contributed by atoms with E-state index >= 15 is 0 Å². The first kappa shape index (κ1) is 27.1. The van der Waals surface area contributed by atoms with Gasteiger partial charge in [0, 0.05) is 56.7 Å². The highest BCUT2D eigenvalue weighted by Gasteiger charge is 2.42. The summed E-state index contributed by atoms with van der Waals surface area (Å²) in [7, 11) is 0. The van der Waals surface area contributed by atoms with Crippen LogP contribution in [0.1, 0.15) is 44.1 Å². The van der Waals surface area contributed by atoms with Crippen LogP contribution in [0, 0.1) is 23.6 Å². The lowest BCUT2D eigenvalue weighted by Gasteiger charge is -2.32. The number of nitrogens with zero attached hydrogens (tertiary/aromatic N) is 2. The maximum absolute atomic E-state index is 14.4. The van der Waals surface area contributed by atoms with Crippen LogP contribution in [0.15, 0.2) is 18.2 Å². The van der Waals surface area contributed by atoms with Crippen molar-refractivity contribution in [3.05, 3.63) is 29.6 Å². The van der Waals surface area contributed by atoms with E-state index in [0.29, 0.717) is 31.0 Å². The number of hydrogen-bond acceptors (Lipinski definition) is 6. The molecular weight excluding hydrogens is 506 g/mol. The van der Waals surface area contributed by atoms with Crippen molar-refractivity contribution in [1.82, 2.24) is 26.2 Å². The van der Waals surface area contributed by atoms with E-state index in [1.165, 1.54) is 12.1 Å². The van der Waals surface area contributed by atoms with Crippen LogP contribution in [0.2, 0.25) is 0 Å². The average Bonchev–Trinajstić information content (AvgIpc) is 3.47. The summed E-state index contributed by atoms with van der Waals surface area (Å²) in [6.07, 6.45) is 0.174. The first-order chi connectivity index (χ1) is 18.2. The van der Waals surface area contributed by atoms with Gasteiger partial charge in [0.2, 0.25) is 11.8 Å². The maximum Gasteiger partial charge on any atom is 0.422 e. The fraction of sp³-hybridized carbons (Fsp3) is 0.692. The summed E-state index contributed by atoms with van der Waals surface area (Å²) in [4.78, 5) is 30.0. The molecule has 3 aliphatic heterocycles. The highest BCUT2D eigenvalue weighted by Crippen LogP contribution is 2.35. The Bertz CT molecular complexity index is 1010. The number of halogens is 4. The molecule has 3 heterocycles. The minimum atomic E-state index is -4.50. The van der Waals surface area contributed by atoms with Crippen LogP contribution in [0.25, 0.3) is 0 Å². The SMILES string of the molecule is O=C(CCc1ccc(OCC(F)(F)F)cc1F)N1CC[C@@H]2CN(C(=O)C3CCC4NNNC4C3)C[C@@H]2CC1. The number of carbonyl (C=O) groups excluding carboxylic acids is 2. The number of fused-ring (bicyclic) bond motifs is 2. The molecule has 3 unspecified atom stereocenters. The van der Waals surface area contributed by atoms with Crippen molar-refractivity contribution in [3.8, 4) is 5.75 Å². The van der Waals surface area contributed by atoms with E-state index in [0.717, 1.165) is 51.3 Å². The molecule has 5 rings (SSSR count). The largest absolute Gasteiger partial charge is 0.484 e. The zero-order valence-corrected chi connectivity index (χ0v) is 21.2. The number of aryl methyl sites for hydroxylation is 1. The van der Waals surface area contributed by atoms with Crippen LogP contribution in [0.5, 0.6) is 5.75 Å². The number of alkyl halides is 3. The molecule has 8 nitrogen and oxygen atoms in total. The molecule has 1 aromatic carbocycles. The molecule has 12 heteroatoms. The Hall–Kier alpha value is -2.44. The first-order valence-corrected chi connectivity index (χ1v) is 13.5. The van der Waals surface area contributed by atoms with Gasteiger partial charge in [-0.25, -0.2) is 15.2 Å². The van der Waals surface area contributed by atoms with E-state index in [1.54, 1.807) is 0 Å². The van der Waals surface area contributed by atoms with E-state index in [4.69, 9.17) is 0 Å². The molecule has 5 atom stereocenters. The molecule has 0 spiro atoms. The summed E-state index contributed by atoms with van der Waals surface area (Å²) < 4.78 is 55.8. The van der Waals surface area contributed by atoms with Gasteiger partial charge < -0.3 is 14.5 Å². The van der Waals surface area contributed by atoms with Gasteiger partial charge in [0.1, 0.15) is 11.6 Å². The zero-order valence-electron chi connectivity index (χ0n) is 21.2. The van der Waals surface area contributed by atoms with E-state index in [1.807, 2.05) is 9.80 Å². The molecule has 3 N–H and O–H groups in total. The third kappa shape index (κ3) is 6.40. The summed E-state index contributed by atoms with van der Waals surface area (Å²) in [6, 6.07) is 4.24. The Morgan fingerprint density at radius 3 is 2.37 bits per heavy atom. The van der Waals surface area contributed by atoms with Crippen molar-refractivity contribution in [2.75, 3.05) is 32.8 Å².